The molecule has 54 valence electrons. The summed E-state index contributed by atoms with van der Waals surface area (Å²) in [4.78, 5) is 10.1. The highest BCUT2D eigenvalue weighted by Gasteiger charge is 2.07. The van der Waals surface area contributed by atoms with E-state index in [0.717, 1.165) is 0 Å². The largest absolute Gasteiger partial charge is 0.403 e. The quantitative estimate of drug-likeness (QED) is 0.564. The molecular weight excluding hydrogens is 132 g/mol. The summed E-state index contributed by atoms with van der Waals surface area (Å²) in [6.45, 7) is -2.99. The number of halogens is 2. The molecule has 0 fully saturated rings. The van der Waals surface area contributed by atoms with Gasteiger partial charge in [-0.05, 0) is 0 Å². The SMILES string of the molecule is NCCC(=O)OC(F)F. The van der Waals surface area contributed by atoms with Gasteiger partial charge in [-0.25, -0.2) is 0 Å². The fraction of sp³-hybridized carbons (Fsp3) is 0.750. The van der Waals surface area contributed by atoms with Gasteiger partial charge < -0.3 is 10.5 Å². The normalized spacial score (nSPS) is 9.78. The van der Waals surface area contributed by atoms with Gasteiger partial charge in [-0.3, -0.25) is 4.79 Å². The molecule has 0 saturated heterocycles. The first kappa shape index (κ1) is 8.29. The first-order valence-corrected chi connectivity index (χ1v) is 2.34. The van der Waals surface area contributed by atoms with Gasteiger partial charge in [0.2, 0.25) is 0 Å². The number of alkyl halides is 2. The van der Waals surface area contributed by atoms with Crippen molar-refractivity contribution in [2.75, 3.05) is 6.54 Å². The van der Waals surface area contributed by atoms with Crippen molar-refractivity contribution in [2.45, 2.75) is 13.0 Å². The zero-order chi connectivity index (χ0) is 7.28. The van der Waals surface area contributed by atoms with Crippen LogP contribution in [0.25, 0.3) is 0 Å². The lowest BCUT2D eigenvalue weighted by atomic mass is 10.4. The summed E-state index contributed by atoms with van der Waals surface area (Å²) in [6, 6.07) is 0. The molecule has 0 radical (unpaired) electrons. The van der Waals surface area contributed by atoms with Crippen LogP contribution in [0.2, 0.25) is 0 Å². The molecule has 9 heavy (non-hydrogen) atoms. The van der Waals surface area contributed by atoms with Gasteiger partial charge in [0.05, 0.1) is 6.42 Å². The lowest BCUT2D eigenvalue weighted by Gasteiger charge is -1.98. The van der Waals surface area contributed by atoms with E-state index in [4.69, 9.17) is 5.73 Å². The number of carbonyl (C=O) groups is 1. The predicted octanol–water partition coefficient (Wildman–Crippen LogP) is 0.101. The number of esters is 1. The third-order valence-corrected chi connectivity index (χ3v) is 0.569. The lowest BCUT2D eigenvalue weighted by Crippen LogP contribution is -2.13. The van der Waals surface area contributed by atoms with E-state index in [-0.39, 0.29) is 13.0 Å². The monoisotopic (exact) mass is 139 g/mol. The highest BCUT2D eigenvalue weighted by atomic mass is 19.3. The number of nitrogens with two attached hydrogens (primary N) is 1. The Morgan fingerprint density at radius 1 is 1.67 bits per heavy atom. The van der Waals surface area contributed by atoms with Crippen LogP contribution in [0.1, 0.15) is 6.42 Å². The summed E-state index contributed by atoms with van der Waals surface area (Å²) in [5.74, 6) is -0.965. The molecule has 0 aromatic rings. The Bertz CT molecular complexity index is 96.6. The summed E-state index contributed by atoms with van der Waals surface area (Å²) in [7, 11) is 0. The third-order valence-electron chi connectivity index (χ3n) is 0.569. The van der Waals surface area contributed by atoms with Crippen LogP contribution in [0.5, 0.6) is 0 Å². The molecule has 0 amide bonds. The Balaban J connectivity index is 3.27. The molecule has 0 saturated carbocycles. The predicted molar refractivity (Wildman–Crippen MR) is 25.8 cm³/mol. The molecule has 0 aliphatic heterocycles. The maximum Gasteiger partial charge on any atom is 0.389 e. The first-order valence-electron chi connectivity index (χ1n) is 2.34. The minimum atomic E-state index is -3.02. The van der Waals surface area contributed by atoms with Crippen LogP contribution < -0.4 is 5.73 Å². The van der Waals surface area contributed by atoms with Gasteiger partial charge in [0.25, 0.3) is 0 Å². The molecule has 2 N–H and O–H groups in total. The van der Waals surface area contributed by atoms with E-state index < -0.39 is 12.6 Å². The van der Waals surface area contributed by atoms with Gasteiger partial charge in [0.15, 0.2) is 0 Å². The molecule has 0 atom stereocenters. The molecule has 0 aliphatic rings. The summed E-state index contributed by atoms with van der Waals surface area (Å²) in [5.41, 5.74) is 4.86. The molecule has 0 aromatic carbocycles. The van der Waals surface area contributed by atoms with E-state index in [1.54, 1.807) is 0 Å². The Kier molecular flexibility index (Phi) is 3.87. The van der Waals surface area contributed by atoms with Gasteiger partial charge in [-0.15, -0.1) is 0 Å². The summed E-state index contributed by atoms with van der Waals surface area (Å²) in [5, 5.41) is 0. The zero-order valence-electron chi connectivity index (χ0n) is 4.64. The van der Waals surface area contributed by atoms with Crippen LogP contribution in [0.15, 0.2) is 0 Å². The second-order valence-electron chi connectivity index (χ2n) is 1.29. The van der Waals surface area contributed by atoms with Crippen LogP contribution in [0.4, 0.5) is 8.78 Å². The van der Waals surface area contributed by atoms with Crippen molar-refractivity contribution in [2.24, 2.45) is 5.73 Å². The molecule has 0 heterocycles. The van der Waals surface area contributed by atoms with Crippen molar-refractivity contribution < 1.29 is 18.3 Å². The second kappa shape index (κ2) is 4.20. The maximum absolute atomic E-state index is 11.1. The van der Waals surface area contributed by atoms with E-state index in [0.29, 0.717) is 0 Å². The van der Waals surface area contributed by atoms with Crippen molar-refractivity contribution in [3.05, 3.63) is 0 Å². The standard InChI is InChI=1S/C4H7F2NO2/c5-4(6)9-3(8)1-2-7/h4H,1-2,7H2. The topological polar surface area (TPSA) is 52.3 Å². The van der Waals surface area contributed by atoms with Crippen LogP contribution >= 0.6 is 0 Å². The Hall–Kier alpha value is -0.710. The second-order valence-corrected chi connectivity index (χ2v) is 1.29. The summed E-state index contributed by atoms with van der Waals surface area (Å²) < 4.78 is 25.7. The van der Waals surface area contributed by atoms with Crippen LogP contribution in [-0.4, -0.2) is 19.1 Å². The van der Waals surface area contributed by atoms with Crippen molar-refractivity contribution >= 4 is 5.97 Å². The van der Waals surface area contributed by atoms with E-state index in [9.17, 15) is 13.6 Å². The van der Waals surface area contributed by atoms with Crippen LogP contribution in [0, 0.1) is 0 Å². The van der Waals surface area contributed by atoms with Crippen LogP contribution in [0.3, 0.4) is 0 Å². The van der Waals surface area contributed by atoms with Gasteiger partial charge >= 0.3 is 12.6 Å². The Labute approximate surface area is 50.8 Å². The Morgan fingerprint density at radius 2 is 2.22 bits per heavy atom. The zero-order valence-corrected chi connectivity index (χ0v) is 4.64. The minimum absolute atomic E-state index is 0.0333. The smallest absolute Gasteiger partial charge is 0.389 e. The first-order chi connectivity index (χ1) is 4.16. The molecule has 0 aliphatic carbocycles. The van der Waals surface area contributed by atoms with Crippen molar-refractivity contribution in [1.29, 1.82) is 0 Å². The minimum Gasteiger partial charge on any atom is -0.403 e. The molecule has 3 nitrogen and oxygen atoms in total. The number of carbonyl (C=O) groups excluding carboxylic acids is 1. The average molecular weight is 139 g/mol. The number of rotatable bonds is 3. The van der Waals surface area contributed by atoms with E-state index in [2.05, 4.69) is 4.74 Å². The van der Waals surface area contributed by atoms with Gasteiger partial charge in [-0.2, -0.15) is 8.78 Å². The number of ether oxygens (including phenoxy) is 1. The maximum atomic E-state index is 11.1. The van der Waals surface area contributed by atoms with Crippen LogP contribution in [-0.2, 0) is 9.53 Å². The number of hydrogen-bond acceptors (Lipinski definition) is 3. The highest BCUT2D eigenvalue weighted by Crippen LogP contribution is 1.95. The van der Waals surface area contributed by atoms with Crippen molar-refractivity contribution in [3.63, 3.8) is 0 Å². The van der Waals surface area contributed by atoms with Gasteiger partial charge in [0.1, 0.15) is 0 Å². The Morgan fingerprint density at radius 3 is 2.56 bits per heavy atom. The fourth-order valence-electron chi connectivity index (χ4n) is 0.276. The van der Waals surface area contributed by atoms with E-state index in [1.165, 1.54) is 0 Å². The average Bonchev–Trinajstić information content (AvgIpc) is 1.63. The molecule has 0 bridgehead atoms. The van der Waals surface area contributed by atoms with E-state index >= 15 is 0 Å². The summed E-state index contributed by atoms with van der Waals surface area (Å²) >= 11 is 0. The third kappa shape index (κ3) is 5.16. The van der Waals surface area contributed by atoms with Crippen molar-refractivity contribution in [1.82, 2.24) is 0 Å². The van der Waals surface area contributed by atoms with E-state index in [1.807, 2.05) is 0 Å². The lowest BCUT2D eigenvalue weighted by molar-refractivity contribution is -0.175. The molecule has 5 heteroatoms. The highest BCUT2D eigenvalue weighted by molar-refractivity contribution is 5.69. The fourth-order valence-corrected chi connectivity index (χ4v) is 0.276. The van der Waals surface area contributed by atoms with Crippen molar-refractivity contribution in [3.8, 4) is 0 Å². The molecule has 0 rings (SSSR count). The molecular formula is C4H7F2NO2. The summed E-state index contributed by atoms with van der Waals surface area (Å²) in [6.07, 6.45) is -0.162. The molecule has 0 unspecified atom stereocenters. The van der Waals surface area contributed by atoms with Gasteiger partial charge in [-0.1, -0.05) is 0 Å². The number of hydrogen-bond donors (Lipinski definition) is 1. The molecule has 0 aromatic heterocycles. The molecule has 0 spiro atoms. The van der Waals surface area contributed by atoms with Gasteiger partial charge in [0, 0.05) is 6.54 Å².